The van der Waals surface area contributed by atoms with Crippen LogP contribution in [0.2, 0.25) is 0 Å². The second-order valence-electron chi connectivity index (χ2n) is 4.89. The molecule has 0 amide bonds. The van der Waals surface area contributed by atoms with Crippen molar-refractivity contribution < 1.29 is 19.0 Å². The number of esters is 1. The molecule has 2 aromatic carbocycles. The quantitative estimate of drug-likeness (QED) is 0.443. The lowest BCUT2D eigenvalue weighted by Crippen LogP contribution is -2.10. The lowest BCUT2D eigenvalue weighted by atomic mass is 10.2. The molecule has 0 atom stereocenters. The molecule has 0 saturated heterocycles. The summed E-state index contributed by atoms with van der Waals surface area (Å²) in [6, 6.07) is 14.8. The number of carbonyl (C=O) groups excluding carboxylic acids is 1. The van der Waals surface area contributed by atoms with Crippen LogP contribution < -0.4 is 14.2 Å². The highest BCUT2D eigenvalue weighted by Gasteiger charge is 2.06. The molecule has 0 radical (unpaired) electrons. The summed E-state index contributed by atoms with van der Waals surface area (Å²) in [7, 11) is 1.60. The van der Waals surface area contributed by atoms with E-state index in [0.717, 1.165) is 5.56 Å². The third-order valence-corrected chi connectivity index (χ3v) is 3.10. The van der Waals surface area contributed by atoms with Crippen molar-refractivity contribution in [2.24, 2.45) is 0 Å². The first-order chi connectivity index (χ1) is 10.7. The van der Waals surface area contributed by atoms with Gasteiger partial charge in [0, 0.05) is 6.42 Å². The van der Waals surface area contributed by atoms with Crippen molar-refractivity contribution in [1.29, 1.82) is 0 Å². The molecule has 0 unspecified atom stereocenters. The molecule has 4 nitrogen and oxygen atoms in total. The minimum Gasteiger partial charge on any atom is -0.493 e. The van der Waals surface area contributed by atoms with Crippen molar-refractivity contribution in [2.75, 3.05) is 13.7 Å². The minimum absolute atomic E-state index is 0.257. The number of hydrogen-bond donors (Lipinski definition) is 0. The van der Waals surface area contributed by atoms with Crippen LogP contribution in [0.1, 0.15) is 18.4 Å². The molecule has 0 spiro atoms. The molecule has 0 aliphatic heterocycles. The van der Waals surface area contributed by atoms with Crippen LogP contribution in [0.4, 0.5) is 0 Å². The Kier molecular flexibility index (Phi) is 5.83. The SMILES string of the molecule is COc1ccccc1OCCCC(=O)Oc1ccc(C)cc1. The fraction of sp³-hybridized carbons (Fsp3) is 0.278. The first-order valence-corrected chi connectivity index (χ1v) is 7.22. The third kappa shape index (κ3) is 4.81. The Balaban J connectivity index is 1.72. The molecule has 0 aromatic heterocycles. The van der Waals surface area contributed by atoms with Gasteiger partial charge in [-0.05, 0) is 37.6 Å². The van der Waals surface area contributed by atoms with Gasteiger partial charge in [0.2, 0.25) is 0 Å². The summed E-state index contributed by atoms with van der Waals surface area (Å²) < 4.78 is 16.1. The monoisotopic (exact) mass is 300 g/mol. The van der Waals surface area contributed by atoms with Gasteiger partial charge in [-0.15, -0.1) is 0 Å². The standard InChI is InChI=1S/C18H20O4/c1-14-9-11-15(12-10-14)22-18(19)8-5-13-21-17-7-4-3-6-16(17)20-2/h3-4,6-7,9-12H,5,8,13H2,1-2H3. The second kappa shape index (κ2) is 8.08. The van der Waals surface area contributed by atoms with Gasteiger partial charge in [0.05, 0.1) is 13.7 Å². The first kappa shape index (κ1) is 15.9. The van der Waals surface area contributed by atoms with Gasteiger partial charge in [-0.2, -0.15) is 0 Å². The predicted molar refractivity (Wildman–Crippen MR) is 84.5 cm³/mol. The summed E-state index contributed by atoms with van der Waals surface area (Å²) in [5.74, 6) is 1.68. The maximum atomic E-state index is 11.7. The average molecular weight is 300 g/mol. The van der Waals surface area contributed by atoms with Gasteiger partial charge in [-0.3, -0.25) is 4.79 Å². The van der Waals surface area contributed by atoms with Gasteiger partial charge in [0.25, 0.3) is 0 Å². The molecule has 22 heavy (non-hydrogen) atoms. The number of aryl methyl sites for hydroxylation is 1. The van der Waals surface area contributed by atoms with E-state index in [9.17, 15) is 4.79 Å². The highest BCUT2D eigenvalue weighted by Crippen LogP contribution is 2.25. The number of methoxy groups -OCH3 is 1. The zero-order valence-electron chi connectivity index (χ0n) is 12.9. The van der Waals surface area contributed by atoms with E-state index in [-0.39, 0.29) is 5.97 Å². The van der Waals surface area contributed by atoms with Crippen LogP contribution in [0, 0.1) is 6.92 Å². The zero-order chi connectivity index (χ0) is 15.8. The average Bonchev–Trinajstić information content (AvgIpc) is 2.54. The molecule has 4 heteroatoms. The summed E-state index contributed by atoms with van der Waals surface area (Å²) in [4.78, 5) is 11.7. The highest BCUT2D eigenvalue weighted by molar-refractivity contribution is 5.72. The molecule has 0 saturated carbocycles. The maximum Gasteiger partial charge on any atom is 0.311 e. The van der Waals surface area contributed by atoms with Gasteiger partial charge >= 0.3 is 5.97 Å². The van der Waals surface area contributed by atoms with E-state index in [2.05, 4.69) is 0 Å². The summed E-state index contributed by atoms with van der Waals surface area (Å²) in [6.45, 7) is 2.42. The summed E-state index contributed by atoms with van der Waals surface area (Å²) >= 11 is 0. The molecule has 0 N–H and O–H groups in total. The van der Waals surface area contributed by atoms with Crippen LogP contribution in [0.25, 0.3) is 0 Å². The van der Waals surface area contributed by atoms with Crippen LogP contribution in [0.5, 0.6) is 17.2 Å². The van der Waals surface area contributed by atoms with Crippen LogP contribution in [0.15, 0.2) is 48.5 Å². The van der Waals surface area contributed by atoms with Crippen LogP contribution >= 0.6 is 0 Å². The van der Waals surface area contributed by atoms with E-state index >= 15 is 0 Å². The second-order valence-corrected chi connectivity index (χ2v) is 4.89. The maximum absolute atomic E-state index is 11.7. The van der Waals surface area contributed by atoms with Crippen molar-refractivity contribution in [3.8, 4) is 17.2 Å². The molecule has 2 rings (SSSR count). The van der Waals surface area contributed by atoms with Crippen LogP contribution in [0.3, 0.4) is 0 Å². The van der Waals surface area contributed by atoms with Crippen molar-refractivity contribution >= 4 is 5.97 Å². The molecule has 116 valence electrons. The molecule has 0 heterocycles. The number of ether oxygens (including phenoxy) is 3. The Labute approximate surface area is 130 Å². The van der Waals surface area contributed by atoms with E-state index in [1.54, 1.807) is 19.2 Å². The van der Waals surface area contributed by atoms with E-state index in [1.807, 2.05) is 43.3 Å². The summed E-state index contributed by atoms with van der Waals surface area (Å²) in [5, 5.41) is 0. The van der Waals surface area contributed by atoms with Crippen LogP contribution in [-0.4, -0.2) is 19.7 Å². The van der Waals surface area contributed by atoms with Gasteiger partial charge in [0.1, 0.15) is 5.75 Å². The van der Waals surface area contributed by atoms with Gasteiger partial charge in [-0.1, -0.05) is 29.8 Å². The predicted octanol–water partition coefficient (Wildman–Crippen LogP) is 3.77. The van der Waals surface area contributed by atoms with E-state index < -0.39 is 0 Å². The van der Waals surface area contributed by atoms with Crippen molar-refractivity contribution in [2.45, 2.75) is 19.8 Å². The van der Waals surface area contributed by atoms with Gasteiger partial charge < -0.3 is 14.2 Å². The topological polar surface area (TPSA) is 44.8 Å². The Hall–Kier alpha value is -2.49. The van der Waals surface area contributed by atoms with Crippen molar-refractivity contribution in [3.05, 3.63) is 54.1 Å². The number of hydrogen-bond acceptors (Lipinski definition) is 4. The number of para-hydroxylation sites is 2. The largest absolute Gasteiger partial charge is 0.493 e. The molecule has 0 aliphatic rings. The lowest BCUT2D eigenvalue weighted by Gasteiger charge is -2.10. The van der Waals surface area contributed by atoms with E-state index in [1.165, 1.54) is 0 Å². The summed E-state index contributed by atoms with van der Waals surface area (Å²) in [6.07, 6.45) is 0.895. The third-order valence-electron chi connectivity index (χ3n) is 3.10. The molecular weight excluding hydrogens is 280 g/mol. The molecule has 0 fully saturated rings. The van der Waals surface area contributed by atoms with Crippen LogP contribution in [-0.2, 0) is 4.79 Å². The minimum atomic E-state index is -0.257. The molecule has 2 aromatic rings. The fourth-order valence-electron chi connectivity index (χ4n) is 1.93. The van der Waals surface area contributed by atoms with E-state index in [0.29, 0.717) is 36.7 Å². The van der Waals surface area contributed by atoms with Crippen molar-refractivity contribution in [3.63, 3.8) is 0 Å². The first-order valence-electron chi connectivity index (χ1n) is 7.22. The summed E-state index contributed by atoms with van der Waals surface area (Å²) in [5.41, 5.74) is 1.13. The Bertz CT molecular complexity index is 605. The molecular formula is C18H20O4. The van der Waals surface area contributed by atoms with Crippen molar-refractivity contribution in [1.82, 2.24) is 0 Å². The normalized spacial score (nSPS) is 10.1. The number of benzene rings is 2. The molecule has 0 bridgehead atoms. The smallest absolute Gasteiger partial charge is 0.311 e. The Morgan fingerprint density at radius 3 is 2.36 bits per heavy atom. The van der Waals surface area contributed by atoms with Gasteiger partial charge in [-0.25, -0.2) is 0 Å². The zero-order valence-corrected chi connectivity index (χ0v) is 12.9. The van der Waals surface area contributed by atoms with E-state index in [4.69, 9.17) is 14.2 Å². The number of carbonyl (C=O) groups is 1. The Morgan fingerprint density at radius 2 is 1.68 bits per heavy atom. The fourth-order valence-corrected chi connectivity index (χ4v) is 1.93. The highest BCUT2D eigenvalue weighted by atomic mass is 16.5. The Morgan fingerprint density at radius 1 is 1.00 bits per heavy atom. The molecule has 0 aliphatic carbocycles. The van der Waals surface area contributed by atoms with Gasteiger partial charge in [0.15, 0.2) is 11.5 Å². The number of rotatable bonds is 7. The lowest BCUT2D eigenvalue weighted by molar-refractivity contribution is -0.134.